The average molecular weight is 397 g/mol. The molecule has 0 saturated heterocycles. The van der Waals surface area contributed by atoms with Crippen molar-refractivity contribution in [2.24, 2.45) is 0 Å². The molecule has 0 spiro atoms. The van der Waals surface area contributed by atoms with Crippen molar-refractivity contribution in [3.63, 3.8) is 0 Å². The fraction of sp³-hybridized carbons (Fsp3) is 0.176. The van der Waals surface area contributed by atoms with Crippen LogP contribution in [0.2, 0.25) is 5.02 Å². The van der Waals surface area contributed by atoms with Gasteiger partial charge in [0.1, 0.15) is 5.69 Å². The highest BCUT2D eigenvalue weighted by Gasteiger charge is 2.31. The molecule has 0 aliphatic carbocycles. The first-order chi connectivity index (χ1) is 12.8. The molecule has 2 heterocycles. The van der Waals surface area contributed by atoms with Crippen molar-refractivity contribution in [3.05, 3.63) is 59.1 Å². The molecular formula is C17H12ClF3N4O2. The number of carbonyl (C=O) groups excluding carboxylic acids is 1. The number of aromatic nitrogens is 3. The van der Waals surface area contributed by atoms with Crippen LogP contribution in [0.15, 0.2) is 47.1 Å². The monoisotopic (exact) mass is 396 g/mol. The summed E-state index contributed by atoms with van der Waals surface area (Å²) in [6, 6.07) is 7.92. The minimum Gasteiger partial charge on any atom is -0.339 e. The second-order valence-corrected chi connectivity index (χ2v) is 5.87. The quantitative estimate of drug-likeness (QED) is 0.692. The maximum Gasteiger partial charge on any atom is 0.416 e. The van der Waals surface area contributed by atoms with E-state index >= 15 is 0 Å². The Morgan fingerprint density at radius 1 is 1.22 bits per heavy atom. The SMILES string of the molecule is O=C(CCc1nc(-c2ccccn2)no1)Nc1cc(C(F)(F)F)ccc1Cl. The number of carbonyl (C=O) groups is 1. The first-order valence-electron chi connectivity index (χ1n) is 7.73. The molecule has 6 nitrogen and oxygen atoms in total. The molecule has 0 fully saturated rings. The van der Waals surface area contributed by atoms with Crippen LogP contribution in [0, 0.1) is 0 Å². The zero-order chi connectivity index (χ0) is 19.4. The summed E-state index contributed by atoms with van der Waals surface area (Å²) in [5, 5.41) is 6.14. The molecule has 0 bridgehead atoms. The topological polar surface area (TPSA) is 80.9 Å². The molecule has 10 heteroatoms. The van der Waals surface area contributed by atoms with Gasteiger partial charge in [-0.05, 0) is 30.3 Å². The Morgan fingerprint density at radius 2 is 2.04 bits per heavy atom. The van der Waals surface area contributed by atoms with Gasteiger partial charge in [0.15, 0.2) is 0 Å². The van der Waals surface area contributed by atoms with Gasteiger partial charge in [0.25, 0.3) is 0 Å². The molecule has 0 radical (unpaired) electrons. The molecule has 0 aliphatic heterocycles. The lowest BCUT2D eigenvalue weighted by Crippen LogP contribution is -2.14. The Bertz CT molecular complexity index is 945. The van der Waals surface area contributed by atoms with Crippen molar-refractivity contribution in [1.82, 2.24) is 15.1 Å². The molecule has 1 amide bonds. The largest absolute Gasteiger partial charge is 0.416 e. The van der Waals surface area contributed by atoms with E-state index in [-0.39, 0.29) is 35.3 Å². The van der Waals surface area contributed by atoms with Crippen molar-refractivity contribution in [1.29, 1.82) is 0 Å². The second kappa shape index (κ2) is 7.75. The number of pyridine rings is 1. The zero-order valence-electron chi connectivity index (χ0n) is 13.6. The summed E-state index contributed by atoms with van der Waals surface area (Å²) in [5.74, 6) is -0.0401. The van der Waals surface area contributed by atoms with Crippen molar-refractivity contribution in [3.8, 4) is 11.5 Å². The van der Waals surface area contributed by atoms with Gasteiger partial charge in [0.05, 0.1) is 16.3 Å². The number of alkyl halides is 3. The number of hydrogen-bond donors (Lipinski definition) is 1. The molecule has 2 aromatic heterocycles. The summed E-state index contributed by atoms with van der Waals surface area (Å²) < 4.78 is 43.3. The van der Waals surface area contributed by atoms with Gasteiger partial charge in [0, 0.05) is 19.0 Å². The van der Waals surface area contributed by atoms with Crippen molar-refractivity contribution in [2.75, 3.05) is 5.32 Å². The molecule has 1 N–H and O–H groups in total. The Balaban J connectivity index is 1.62. The Hall–Kier alpha value is -2.94. The molecule has 0 saturated carbocycles. The van der Waals surface area contributed by atoms with Crippen molar-refractivity contribution >= 4 is 23.2 Å². The zero-order valence-corrected chi connectivity index (χ0v) is 14.4. The fourth-order valence-corrected chi connectivity index (χ4v) is 2.35. The van der Waals surface area contributed by atoms with Gasteiger partial charge in [-0.15, -0.1) is 0 Å². The van der Waals surface area contributed by atoms with Gasteiger partial charge in [-0.1, -0.05) is 22.8 Å². The number of halogens is 4. The number of hydrogen-bond acceptors (Lipinski definition) is 5. The Morgan fingerprint density at radius 3 is 2.74 bits per heavy atom. The summed E-state index contributed by atoms with van der Waals surface area (Å²) in [5.41, 5.74) is -0.497. The van der Waals surface area contributed by atoms with Gasteiger partial charge in [0.2, 0.25) is 17.6 Å². The molecule has 1 aromatic carbocycles. The molecule has 3 rings (SSSR count). The summed E-state index contributed by atoms with van der Waals surface area (Å²) in [6.07, 6.45) is -2.91. The van der Waals surface area contributed by atoms with E-state index in [0.29, 0.717) is 5.69 Å². The smallest absolute Gasteiger partial charge is 0.339 e. The summed E-state index contributed by atoms with van der Waals surface area (Å²) in [6.45, 7) is 0. The summed E-state index contributed by atoms with van der Waals surface area (Å²) in [7, 11) is 0. The third-order valence-corrected chi connectivity index (χ3v) is 3.83. The second-order valence-electron chi connectivity index (χ2n) is 5.47. The van der Waals surface area contributed by atoms with Crippen molar-refractivity contribution < 1.29 is 22.5 Å². The fourth-order valence-electron chi connectivity index (χ4n) is 2.19. The van der Waals surface area contributed by atoms with Crippen LogP contribution in [0.3, 0.4) is 0 Å². The predicted octanol–water partition coefficient (Wildman–Crippen LogP) is 4.38. The molecule has 27 heavy (non-hydrogen) atoms. The highest BCUT2D eigenvalue weighted by Crippen LogP contribution is 2.33. The predicted molar refractivity (Wildman–Crippen MR) is 90.9 cm³/mol. The van der Waals surface area contributed by atoms with E-state index < -0.39 is 17.6 Å². The molecule has 0 atom stereocenters. The van der Waals surface area contributed by atoms with Crippen LogP contribution < -0.4 is 5.32 Å². The van der Waals surface area contributed by atoms with Crippen LogP contribution in [0.1, 0.15) is 17.9 Å². The van der Waals surface area contributed by atoms with Crippen LogP contribution in [0.25, 0.3) is 11.5 Å². The number of benzene rings is 1. The van der Waals surface area contributed by atoms with Gasteiger partial charge < -0.3 is 9.84 Å². The van der Waals surface area contributed by atoms with Gasteiger partial charge >= 0.3 is 6.18 Å². The lowest BCUT2D eigenvalue weighted by molar-refractivity contribution is -0.137. The van der Waals surface area contributed by atoms with E-state index in [1.165, 1.54) is 0 Å². The van der Waals surface area contributed by atoms with E-state index in [0.717, 1.165) is 18.2 Å². The average Bonchev–Trinajstić information content (AvgIpc) is 3.11. The third-order valence-electron chi connectivity index (χ3n) is 3.50. The molecule has 140 valence electrons. The Labute approximate surface area is 156 Å². The van der Waals surface area contributed by atoms with E-state index in [4.69, 9.17) is 16.1 Å². The summed E-state index contributed by atoms with van der Waals surface area (Å²) >= 11 is 5.85. The first kappa shape index (κ1) is 18.8. The number of amides is 1. The van der Waals surface area contributed by atoms with Gasteiger partial charge in [-0.3, -0.25) is 9.78 Å². The number of aryl methyl sites for hydroxylation is 1. The van der Waals surface area contributed by atoms with Crippen LogP contribution in [-0.2, 0) is 17.4 Å². The minimum absolute atomic E-state index is 0.00609. The number of rotatable bonds is 5. The van der Waals surface area contributed by atoms with E-state index in [1.54, 1.807) is 24.4 Å². The van der Waals surface area contributed by atoms with Crippen LogP contribution in [0.4, 0.5) is 18.9 Å². The molecular weight excluding hydrogens is 385 g/mol. The lowest BCUT2D eigenvalue weighted by Gasteiger charge is -2.11. The van der Waals surface area contributed by atoms with Crippen LogP contribution in [0.5, 0.6) is 0 Å². The molecule has 0 aliphatic rings. The highest BCUT2D eigenvalue weighted by atomic mass is 35.5. The maximum atomic E-state index is 12.8. The highest BCUT2D eigenvalue weighted by molar-refractivity contribution is 6.33. The first-order valence-corrected chi connectivity index (χ1v) is 8.11. The number of nitrogens with zero attached hydrogens (tertiary/aromatic N) is 3. The number of anilines is 1. The van der Waals surface area contributed by atoms with Gasteiger partial charge in [-0.25, -0.2) is 0 Å². The minimum atomic E-state index is -4.53. The molecule has 0 unspecified atom stereocenters. The maximum absolute atomic E-state index is 12.8. The van der Waals surface area contributed by atoms with E-state index in [1.807, 2.05) is 0 Å². The normalized spacial score (nSPS) is 11.4. The summed E-state index contributed by atoms with van der Waals surface area (Å²) in [4.78, 5) is 20.2. The van der Waals surface area contributed by atoms with Crippen LogP contribution >= 0.6 is 11.6 Å². The molecule has 3 aromatic rings. The van der Waals surface area contributed by atoms with Crippen molar-refractivity contribution in [2.45, 2.75) is 19.0 Å². The van der Waals surface area contributed by atoms with Crippen LogP contribution in [-0.4, -0.2) is 21.0 Å². The van der Waals surface area contributed by atoms with E-state index in [2.05, 4.69) is 20.4 Å². The lowest BCUT2D eigenvalue weighted by atomic mass is 10.2. The Kier molecular flexibility index (Phi) is 5.41. The standard InChI is InChI=1S/C17H12ClF3N4O2/c18-11-5-4-10(17(19,20)21)9-13(11)23-14(26)6-7-15-24-16(25-27-15)12-3-1-2-8-22-12/h1-5,8-9H,6-7H2,(H,23,26). The number of nitrogens with one attached hydrogen (secondary N) is 1. The van der Waals surface area contributed by atoms with Gasteiger partial charge in [-0.2, -0.15) is 18.2 Å². The van der Waals surface area contributed by atoms with E-state index in [9.17, 15) is 18.0 Å². The third kappa shape index (κ3) is 4.82.